The number of nitrogen functional groups attached to an aromatic ring is 1. The van der Waals surface area contributed by atoms with Gasteiger partial charge in [-0.1, -0.05) is 18.2 Å². The Morgan fingerprint density at radius 3 is 2.38 bits per heavy atom. The van der Waals surface area contributed by atoms with E-state index in [4.69, 9.17) is 15.0 Å². The minimum atomic E-state index is -0.165. The molecular formula is C28H30N6O3. The van der Waals surface area contributed by atoms with E-state index in [2.05, 4.69) is 32.3 Å². The molecule has 37 heavy (non-hydrogen) atoms. The van der Waals surface area contributed by atoms with Crippen LogP contribution >= 0.6 is 0 Å². The molecule has 0 aliphatic carbocycles. The van der Waals surface area contributed by atoms with E-state index < -0.39 is 0 Å². The lowest BCUT2D eigenvalue weighted by molar-refractivity contribution is 0.102. The van der Waals surface area contributed by atoms with Gasteiger partial charge in [-0.3, -0.25) is 4.79 Å². The van der Waals surface area contributed by atoms with Crippen molar-refractivity contribution in [1.82, 2.24) is 15.0 Å². The van der Waals surface area contributed by atoms with Gasteiger partial charge in [-0.15, -0.1) is 0 Å². The molecule has 0 unspecified atom stereocenters. The quantitative estimate of drug-likeness (QED) is 0.405. The van der Waals surface area contributed by atoms with Gasteiger partial charge >= 0.3 is 0 Å². The number of piperazine rings is 1. The summed E-state index contributed by atoms with van der Waals surface area (Å²) >= 11 is 0. The number of aryl methyl sites for hydroxylation is 1. The van der Waals surface area contributed by atoms with Gasteiger partial charge in [-0.2, -0.15) is 4.98 Å². The first kappa shape index (κ1) is 24.3. The van der Waals surface area contributed by atoms with Crippen molar-refractivity contribution in [1.29, 1.82) is 0 Å². The number of nitrogens with zero attached hydrogens (tertiary/aromatic N) is 4. The Kier molecular flexibility index (Phi) is 6.78. The molecule has 5 rings (SSSR count). The molecule has 190 valence electrons. The smallest absolute Gasteiger partial charge is 0.261 e. The minimum Gasteiger partial charge on any atom is -0.495 e. The second-order valence-electron chi connectivity index (χ2n) is 9.20. The van der Waals surface area contributed by atoms with Crippen LogP contribution in [0.15, 0.2) is 65.2 Å². The highest BCUT2D eigenvalue weighted by molar-refractivity contribution is 6.04. The molecule has 0 bridgehead atoms. The van der Waals surface area contributed by atoms with Crippen molar-refractivity contribution < 1.29 is 14.1 Å². The molecule has 4 aromatic rings. The summed E-state index contributed by atoms with van der Waals surface area (Å²) in [5, 5.41) is 6.67. The highest BCUT2D eigenvalue weighted by atomic mass is 16.5. The fourth-order valence-electron chi connectivity index (χ4n) is 4.54. The fraction of sp³-hybridized carbons (Fsp3) is 0.250. The zero-order valence-electron chi connectivity index (χ0n) is 21.2. The molecule has 1 saturated heterocycles. The molecule has 1 fully saturated rings. The zero-order chi connectivity index (χ0) is 25.9. The van der Waals surface area contributed by atoms with E-state index in [9.17, 15) is 4.79 Å². The number of ether oxygens (including phenoxy) is 1. The van der Waals surface area contributed by atoms with Crippen molar-refractivity contribution in [2.45, 2.75) is 6.92 Å². The van der Waals surface area contributed by atoms with Gasteiger partial charge in [0.05, 0.1) is 12.8 Å². The number of hydrogen-bond acceptors (Lipinski definition) is 8. The number of carbonyl (C=O) groups excluding carboxylic acids is 1. The average Bonchev–Trinajstić information content (AvgIpc) is 3.35. The SMILES string of the molecule is COc1ccc(NC(=O)c2ccc(-c3ccc(-c4nc(N)no4)cc3C)cc2)cc1N1CCN(C)CC1. The van der Waals surface area contributed by atoms with Crippen LogP contribution in [0.5, 0.6) is 5.75 Å². The fourth-order valence-corrected chi connectivity index (χ4v) is 4.54. The van der Waals surface area contributed by atoms with E-state index in [1.807, 2.05) is 67.6 Å². The first-order chi connectivity index (χ1) is 17.9. The highest BCUT2D eigenvalue weighted by Gasteiger charge is 2.19. The zero-order valence-corrected chi connectivity index (χ0v) is 21.2. The first-order valence-electron chi connectivity index (χ1n) is 12.1. The van der Waals surface area contributed by atoms with Gasteiger partial charge in [0.15, 0.2) is 0 Å². The van der Waals surface area contributed by atoms with E-state index in [1.54, 1.807) is 7.11 Å². The normalized spacial score (nSPS) is 14.0. The van der Waals surface area contributed by atoms with Crippen molar-refractivity contribution >= 4 is 23.2 Å². The number of rotatable bonds is 6. The van der Waals surface area contributed by atoms with Crippen LogP contribution in [-0.4, -0.2) is 61.3 Å². The second-order valence-corrected chi connectivity index (χ2v) is 9.20. The Bertz CT molecular complexity index is 1410. The maximum atomic E-state index is 13.0. The molecule has 0 radical (unpaired) electrons. The van der Waals surface area contributed by atoms with Gasteiger partial charge in [0.1, 0.15) is 5.75 Å². The number of methoxy groups -OCH3 is 1. The largest absolute Gasteiger partial charge is 0.495 e. The topological polar surface area (TPSA) is 110 Å². The maximum absolute atomic E-state index is 13.0. The van der Waals surface area contributed by atoms with Crippen molar-refractivity contribution in [3.8, 4) is 28.3 Å². The molecule has 1 aliphatic heterocycles. The monoisotopic (exact) mass is 498 g/mol. The van der Waals surface area contributed by atoms with Crippen LogP contribution in [0.4, 0.5) is 17.3 Å². The van der Waals surface area contributed by atoms with E-state index in [-0.39, 0.29) is 11.9 Å². The Balaban J connectivity index is 1.30. The van der Waals surface area contributed by atoms with Crippen LogP contribution in [0, 0.1) is 6.92 Å². The van der Waals surface area contributed by atoms with E-state index >= 15 is 0 Å². The van der Waals surface area contributed by atoms with Crippen LogP contribution < -0.4 is 20.7 Å². The number of amides is 1. The van der Waals surface area contributed by atoms with Gasteiger partial charge in [0.2, 0.25) is 0 Å². The lowest BCUT2D eigenvalue weighted by Gasteiger charge is -2.34. The molecule has 3 N–H and O–H groups in total. The van der Waals surface area contributed by atoms with Gasteiger partial charge < -0.3 is 30.1 Å². The molecule has 1 aromatic heterocycles. The van der Waals surface area contributed by atoms with E-state index in [1.165, 1.54) is 0 Å². The number of anilines is 3. The Labute approximate surface area is 215 Å². The third-order valence-electron chi connectivity index (χ3n) is 6.65. The summed E-state index contributed by atoms with van der Waals surface area (Å²) in [6, 6.07) is 19.2. The summed E-state index contributed by atoms with van der Waals surface area (Å²) in [4.78, 5) is 21.7. The minimum absolute atomic E-state index is 0.107. The van der Waals surface area contributed by atoms with E-state index in [0.717, 1.165) is 65.6 Å². The number of likely N-dealkylation sites (N-methyl/N-ethyl adjacent to an activating group) is 1. The van der Waals surface area contributed by atoms with Crippen molar-refractivity contribution in [3.63, 3.8) is 0 Å². The number of carbonyl (C=O) groups is 1. The Morgan fingerprint density at radius 2 is 1.73 bits per heavy atom. The number of benzene rings is 3. The van der Waals surface area contributed by atoms with Gasteiger partial charge in [-0.25, -0.2) is 0 Å². The van der Waals surface area contributed by atoms with Crippen LogP contribution in [0.3, 0.4) is 0 Å². The molecule has 0 spiro atoms. The molecular weight excluding hydrogens is 468 g/mol. The Morgan fingerprint density at radius 1 is 1.00 bits per heavy atom. The lowest BCUT2D eigenvalue weighted by atomic mass is 9.97. The number of nitrogens with one attached hydrogen (secondary N) is 1. The standard InChI is InChI=1S/C28H30N6O3/c1-18-16-21(27-31-28(29)32-37-27)8-10-23(18)19-4-6-20(7-5-19)26(35)30-22-9-11-25(36-3)24(17-22)34-14-12-33(2)13-15-34/h4-11,16-17H,12-15H2,1-3H3,(H2,29,32)(H,30,35). The summed E-state index contributed by atoms with van der Waals surface area (Å²) < 4.78 is 10.7. The average molecular weight is 499 g/mol. The van der Waals surface area contributed by atoms with Crippen molar-refractivity contribution in [2.75, 3.05) is 56.3 Å². The predicted octanol–water partition coefficient (Wildman–Crippen LogP) is 4.31. The van der Waals surface area contributed by atoms with Crippen LogP contribution in [0.1, 0.15) is 15.9 Å². The molecule has 0 atom stereocenters. The summed E-state index contributed by atoms with van der Waals surface area (Å²) in [5.41, 5.74) is 11.8. The number of aromatic nitrogens is 2. The molecule has 3 aromatic carbocycles. The molecule has 1 aliphatic rings. The summed E-state index contributed by atoms with van der Waals surface area (Å²) in [6.45, 7) is 5.81. The molecule has 0 saturated carbocycles. The summed E-state index contributed by atoms with van der Waals surface area (Å²) in [7, 11) is 3.80. The second kappa shape index (κ2) is 10.3. The summed E-state index contributed by atoms with van der Waals surface area (Å²) in [6.07, 6.45) is 0. The van der Waals surface area contributed by atoms with Crippen LogP contribution in [-0.2, 0) is 0 Å². The number of hydrogen-bond donors (Lipinski definition) is 2. The Hall–Kier alpha value is -4.37. The molecule has 9 heteroatoms. The third kappa shape index (κ3) is 5.26. The van der Waals surface area contributed by atoms with Gasteiger partial charge in [0, 0.05) is 43.0 Å². The van der Waals surface area contributed by atoms with Gasteiger partial charge in [-0.05, 0) is 78.3 Å². The lowest BCUT2D eigenvalue weighted by Crippen LogP contribution is -2.44. The molecule has 9 nitrogen and oxygen atoms in total. The van der Waals surface area contributed by atoms with Gasteiger partial charge in [0.25, 0.3) is 17.7 Å². The van der Waals surface area contributed by atoms with Crippen LogP contribution in [0.25, 0.3) is 22.6 Å². The van der Waals surface area contributed by atoms with Crippen LogP contribution in [0.2, 0.25) is 0 Å². The molecule has 1 amide bonds. The maximum Gasteiger partial charge on any atom is 0.261 e. The summed E-state index contributed by atoms with van der Waals surface area (Å²) in [5.74, 6) is 1.13. The predicted molar refractivity (Wildman–Crippen MR) is 145 cm³/mol. The van der Waals surface area contributed by atoms with Crippen molar-refractivity contribution in [3.05, 3.63) is 71.8 Å². The number of nitrogens with two attached hydrogens (primary N) is 1. The third-order valence-corrected chi connectivity index (χ3v) is 6.65. The first-order valence-corrected chi connectivity index (χ1v) is 12.1. The molecule has 2 heterocycles. The highest BCUT2D eigenvalue weighted by Crippen LogP contribution is 2.33. The van der Waals surface area contributed by atoms with E-state index in [0.29, 0.717) is 11.5 Å². The van der Waals surface area contributed by atoms with Crippen molar-refractivity contribution in [2.24, 2.45) is 0 Å².